The van der Waals surface area contributed by atoms with Crippen molar-refractivity contribution in [1.82, 2.24) is 19.7 Å². The number of H-pyrrole nitrogens is 1. The van der Waals surface area contributed by atoms with Crippen LogP contribution < -0.4 is 14.9 Å². The predicted molar refractivity (Wildman–Crippen MR) is 111 cm³/mol. The van der Waals surface area contributed by atoms with Crippen LogP contribution in [0, 0.1) is 0 Å². The fourth-order valence-corrected chi connectivity index (χ4v) is 4.29. The number of morpholine rings is 1. The van der Waals surface area contributed by atoms with Crippen LogP contribution in [0.5, 0.6) is 0 Å². The van der Waals surface area contributed by atoms with Crippen LogP contribution in [0.25, 0.3) is 11.0 Å². The number of nitrogens with one attached hydrogen (secondary N) is 3. The number of fused-ring (bicyclic) bond motifs is 1. The SMILES string of the molecule is CNS(=O)(=O)c1ccc(N2CCOCC2)c(Nc2ncnc3[nH]c(Br)cc23)c1. The van der Waals surface area contributed by atoms with Gasteiger partial charge in [0.05, 0.1) is 39.5 Å². The number of nitrogens with zero attached hydrogens (tertiary/aromatic N) is 3. The van der Waals surface area contributed by atoms with Crippen molar-refractivity contribution < 1.29 is 13.2 Å². The molecule has 0 amide bonds. The van der Waals surface area contributed by atoms with Crippen molar-refractivity contribution in [3.63, 3.8) is 0 Å². The van der Waals surface area contributed by atoms with E-state index in [1.165, 1.54) is 13.4 Å². The summed E-state index contributed by atoms with van der Waals surface area (Å²) in [5.41, 5.74) is 2.21. The third-order valence-electron chi connectivity index (χ3n) is 4.54. The summed E-state index contributed by atoms with van der Waals surface area (Å²) in [5.74, 6) is 0.584. The Morgan fingerprint density at radius 1 is 1.21 bits per heavy atom. The minimum Gasteiger partial charge on any atom is -0.378 e. The summed E-state index contributed by atoms with van der Waals surface area (Å²) in [5, 5.41) is 4.09. The Bertz CT molecular complexity index is 1110. The van der Waals surface area contributed by atoms with Crippen LogP contribution in [0.3, 0.4) is 0 Å². The molecule has 0 aliphatic carbocycles. The number of anilines is 3. The van der Waals surface area contributed by atoms with Crippen molar-refractivity contribution in [2.45, 2.75) is 4.90 Å². The number of aromatic nitrogens is 3. The fraction of sp³-hybridized carbons (Fsp3) is 0.294. The van der Waals surface area contributed by atoms with Crippen LogP contribution in [0.1, 0.15) is 0 Å². The Balaban J connectivity index is 1.80. The minimum atomic E-state index is -3.58. The molecule has 0 saturated carbocycles. The van der Waals surface area contributed by atoms with Gasteiger partial charge >= 0.3 is 0 Å². The van der Waals surface area contributed by atoms with E-state index < -0.39 is 10.0 Å². The maximum atomic E-state index is 12.3. The molecule has 1 fully saturated rings. The van der Waals surface area contributed by atoms with Crippen LogP contribution in [-0.2, 0) is 14.8 Å². The highest BCUT2D eigenvalue weighted by atomic mass is 79.9. The summed E-state index contributed by atoms with van der Waals surface area (Å²) >= 11 is 3.41. The Hall–Kier alpha value is -2.21. The monoisotopic (exact) mass is 466 g/mol. The maximum Gasteiger partial charge on any atom is 0.240 e. The summed E-state index contributed by atoms with van der Waals surface area (Å²) in [6, 6.07) is 6.90. The van der Waals surface area contributed by atoms with E-state index in [0.29, 0.717) is 30.4 Å². The van der Waals surface area contributed by atoms with E-state index in [0.717, 1.165) is 28.8 Å². The molecule has 1 saturated heterocycles. The molecule has 0 spiro atoms. The predicted octanol–water partition coefficient (Wildman–Crippen LogP) is 2.21. The molecule has 3 aromatic rings. The van der Waals surface area contributed by atoms with Crippen molar-refractivity contribution in [3.8, 4) is 0 Å². The van der Waals surface area contributed by atoms with Crippen LogP contribution >= 0.6 is 15.9 Å². The zero-order valence-electron chi connectivity index (χ0n) is 15.1. The highest BCUT2D eigenvalue weighted by Gasteiger charge is 2.20. The topological polar surface area (TPSA) is 112 Å². The van der Waals surface area contributed by atoms with Crippen LogP contribution in [0.2, 0.25) is 0 Å². The number of aromatic amines is 1. The number of hydrogen-bond acceptors (Lipinski definition) is 7. The van der Waals surface area contributed by atoms with Gasteiger partial charge in [0.25, 0.3) is 0 Å². The number of hydrogen-bond donors (Lipinski definition) is 3. The number of sulfonamides is 1. The zero-order chi connectivity index (χ0) is 19.7. The molecular weight excluding hydrogens is 448 g/mol. The van der Waals surface area contributed by atoms with Crippen molar-refractivity contribution in [3.05, 3.63) is 35.2 Å². The number of benzene rings is 1. The molecular formula is C17H19BrN6O3S. The quantitative estimate of drug-likeness (QED) is 0.528. The van der Waals surface area contributed by atoms with E-state index >= 15 is 0 Å². The van der Waals surface area contributed by atoms with Gasteiger partial charge in [0.2, 0.25) is 10.0 Å². The second kappa shape index (κ2) is 7.66. The van der Waals surface area contributed by atoms with E-state index in [4.69, 9.17) is 4.74 Å². The molecule has 2 aromatic heterocycles. The molecule has 0 radical (unpaired) electrons. The van der Waals surface area contributed by atoms with E-state index in [2.05, 4.69) is 45.8 Å². The summed E-state index contributed by atoms with van der Waals surface area (Å²) in [4.78, 5) is 14.0. The van der Waals surface area contributed by atoms with Crippen LogP contribution in [-0.4, -0.2) is 56.7 Å². The lowest BCUT2D eigenvalue weighted by Crippen LogP contribution is -2.36. The van der Waals surface area contributed by atoms with Crippen LogP contribution in [0.4, 0.5) is 17.2 Å². The van der Waals surface area contributed by atoms with E-state index in [9.17, 15) is 8.42 Å². The third kappa shape index (κ3) is 3.70. The molecule has 1 aliphatic heterocycles. The highest BCUT2D eigenvalue weighted by Crippen LogP contribution is 2.33. The van der Waals surface area contributed by atoms with E-state index in [1.807, 2.05) is 12.1 Å². The second-order valence-corrected chi connectivity index (χ2v) is 8.95. The molecule has 3 heterocycles. The normalized spacial score (nSPS) is 15.1. The lowest BCUT2D eigenvalue weighted by atomic mass is 10.2. The summed E-state index contributed by atoms with van der Waals surface area (Å²) in [6.07, 6.45) is 1.45. The van der Waals surface area contributed by atoms with E-state index in [1.54, 1.807) is 12.1 Å². The zero-order valence-corrected chi connectivity index (χ0v) is 17.5. The van der Waals surface area contributed by atoms with Crippen LogP contribution in [0.15, 0.2) is 40.1 Å². The minimum absolute atomic E-state index is 0.176. The molecule has 28 heavy (non-hydrogen) atoms. The van der Waals surface area contributed by atoms with Gasteiger partial charge in [-0.25, -0.2) is 23.1 Å². The maximum absolute atomic E-state index is 12.3. The van der Waals surface area contributed by atoms with Crippen molar-refractivity contribution in [2.75, 3.05) is 43.6 Å². The molecule has 4 rings (SSSR count). The van der Waals surface area contributed by atoms with Gasteiger partial charge in [0.15, 0.2) is 0 Å². The van der Waals surface area contributed by atoms with Gasteiger partial charge in [-0.3, -0.25) is 0 Å². The highest BCUT2D eigenvalue weighted by molar-refractivity contribution is 9.10. The van der Waals surface area contributed by atoms with Crippen molar-refractivity contribution in [2.24, 2.45) is 0 Å². The van der Waals surface area contributed by atoms with E-state index in [-0.39, 0.29) is 4.90 Å². The average molecular weight is 467 g/mol. The molecule has 9 nitrogen and oxygen atoms in total. The smallest absolute Gasteiger partial charge is 0.240 e. The van der Waals surface area contributed by atoms with Gasteiger partial charge in [0, 0.05) is 13.1 Å². The first kappa shape index (κ1) is 19.1. The Morgan fingerprint density at radius 3 is 2.75 bits per heavy atom. The Morgan fingerprint density at radius 2 is 2.00 bits per heavy atom. The van der Waals surface area contributed by atoms with Gasteiger partial charge in [0.1, 0.15) is 17.8 Å². The molecule has 0 atom stereocenters. The van der Waals surface area contributed by atoms with Crippen molar-refractivity contribution in [1.29, 1.82) is 0 Å². The average Bonchev–Trinajstić information content (AvgIpc) is 3.10. The molecule has 1 aromatic carbocycles. The number of halogens is 1. The third-order valence-corrected chi connectivity index (χ3v) is 6.38. The molecule has 1 aliphatic rings. The van der Waals surface area contributed by atoms with Gasteiger partial charge < -0.3 is 19.9 Å². The van der Waals surface area contributed by atoms with Gasteiger partial charge in [-0.15, -0.1) is 0 Å². The van der Waals surface area contributed by atoms with Crippen molar-refractivity contribution >= 4 is 54.2 Å². The Kier molecular flexibility index (Phi) is 5.23. The lowest BCUT2D eigenvalue weighted by molar-refractivity contribution is 0.123. The fourth-order valence-electron chi connectivity index (χ4n) is 3.12. The largest absolute Gasteiger partial charge is 0.378 e. The summed E-state index contributed by atoms with van der Waals surface area (Å²) in [6.45, 7) is 2.69. The summed E-state index contributed by atoms with van der Waals surface area (Å²) < 4.78 is 33.2. The molecule has 0 bridgehead atoms. The number of ether oxygens (including phenoxy) is 1. The second-order valence-electron chi connectivity index (χ2n) is 6.21. The summed E-state index contributed by atoms with van der Waals surface area (Å²) in [7, 11) is -2.19. The first-order valence-corrected chi connectivity index (χ1v) is 10.9. The molecule has 3 N–H and O–H groups in total. The van der Waals surface area contributed by atoms with Gasteiger partial charge in [-0.1, -0.05) is 0 Å². The standard InChI is InChI=1S/C17H19BrN6O3S/c1-19-28(25,26)11-2-3-14(24-4-6-27-7-5-24)13(8-11)22-16-12-9-15(18)23-17(12)21-10-20-16/h2-3,8-10,19H,4-7H2,1H3,(H2,20,21,22,23). The first-order valence-electron chi connectivity index (χ1n) is 8.64. The first-order chi connectivity index (χ1) is 13.5. The molecule has 148 valence electrons. The molecule has 11 heteroatoms. The number of rotatable bonds is 5. The van der Waals surface area contributed by atoms with Gasteiger partial charge in [-0.05, 0) is 47.2 Å². The Labute approximate surface area is 170 Å². The van der Waals surface area contributed by atoms with Gasteiger partial charge in [-0.2, -0.15) is 0 Å². The lowest BCUT2D eigenvalue weighted by Gasteiger charge is -2.31. The molecule has 0 unspecified atom stereocenters.